The summed E-state index contributed by atoms with van der Waals surface area (Å²) in [6.45, 7) is 3.21. The molecule has 0 atom stereocenters. The Labute approximate surface area is 146 Å². The van der Waals surface area contributed by atoms with Crippen molar-refractivity contribution in [2.24, 2.45) is 0 Å². The molecule has 0 saturated carbocycles. The summed E-state index contributed by atoms with van der Waals surface area (Å²) in [4.78, 5) is 23.3. The van der Waals surface area contributed by atoms with Gasteiger partial charge in [0.05, 0.1) is 14.2 Å². The Morgan fingerprint density at radius 2 is 1.60 bits per heavy atom. The van der Waals surface area contributed by atoms with E-state index >= 15 is 0 Å². The third-order valence-corrected chi connectivity index (χ3v) is 3.64. The van der Waals surface area contributed by atoms with Gasteiger partial charge in [-0.1, -0.05) is 0 Å². The Bertz CT molecular complexity index is 768. The first-order chi connectivity index (χ1) is 11.9. The third kappa shape index (κ3) is 4.73. The zero-order valence-electron chi connectivity index (χ0n) is 14.7. The van der Waals surface area contributed by atoms with Gasteiger partial charge in [0.15, 0.2) is 23.9 Å². The van der Waals surface area contributed by atoms with Gasteiger partial charge in [-0.05, 0) is 49.7 Å². The summed E-state index contributed by atoms with van der Waals surface area (Å²) in [6.07, 6.45) is 0. The minimum absolute atomic E-state index is 0.0202. The average Bonchev–Trinajstić information content (AvgIpc) is 2.61. The van der Waals surface area contributed by atoms with Gasteiger partial charge in [0.2, 0.25) is 0 Å². The van der Waals surface area contributed by atoms with Crippen LogP contribution in [0.25, 0.3) is 0 Å². The lowest BCUT2D eigenvalue weighted by atomic mass is 10.1. The van der Waals surface area contributed by atoms with E-state index in [0.29, 0.717) is 28.5 Å². The normalized spacial score (nSPS) is 10.1. The fourth-order valence-electron chi connectivity index (χ4n) is 2.24. The van der Waals surface area contributed by atoms with Crippen LogP contribution in [0.2, 0.25) is 0 Å². The number of amides is 1. The molecule has 0 saturated heterocycles. The molecule has 2 rings (SSSR count). The molecule has 6 heteroatoms. The molecular weight excluding hydrogens is 322 g/mol. The lowest BCUT2D eigenvalue weighted by Crippen LogP contribution is -2.20. The first kappa shape index (κ1) is 18.3. The number of hydrogen-bond donors (Lipinski definition) is 1. The molecule has 0 aliphatic rings. The predicted octanol–water partition coefficient (Wildman–Crippen LogP) is 3.23. The van der Waals surface area contributed by atoms with Crippen molar-refractivity contribution in [3.8, 4) is 17.2 Å². The van der Waals surface area contributed by atoms with Crippen molar-refractivity contribution in [2.75, 3.05) is 26.1 Å². The van der Waals surface area contributed by atoms with Crippen molar-refractivity contribution in [1.29, 1.82) is 0 Å². The van der Waals surface area contributed by atoms with Crippen molar-refractivity contribution in [3.63, 3.8) is 0 Å². The molecule has 132 valence electrons. The molecule has 2 aromatic rings. The largest absolute Gasteiger partial charge is 0.493 e. The molecule has 0 aromatic heterocycles. The van der Waals surface area contributed by atoms with E-state index in [1.165, 1.54) is 14.0 Å². The van der Waals surface area contributed by atoms with E-state index in [1.807, 2.05) is 6.92 Å². The molecule has 0 heterocycles. The molecule has 6 nitrogen and oxygen atoms in total. The van der Waals surface area contributed by atoms with E-state index in [1.54, 1.807) is 43.5 Å². The highest BCUT2D eigenvalue weighted by molar-refractivity contribution is 5.94. The third-order valence-electron chi connectivity index (χ3n) is 3.64. The summed E-state index contributed by atoms with van der Waals surface area (Å²) in [5, 5.41) is 2.78. The van der Waals surface area contributed by atoms with E-state index in [2.05, 4.69) is 5.32 Å². The Hall–Kier alpha value is -3.02. The van der Waals surface area contributed by atoms with Gasteiger partial charge in [0.1, 0.15) is 5.75 Å². The summed E-state index contributed by atoms with van der Waals surface area (Å²) in [5.74, 6) is 1.33. The van der Waals surface area contributed by atoms with Gasteiger partial charge in [0, 0.05) is 17.3 Å². The molecule has 0 aliphatic carbocycles. The molecular formula is C19H21NO5. The van der Waals surface area contributed by atoms with Crippen LogP contribution in [0.5, 0.6) is 17.2 Å². The number of ether oxygens (including phenoxy) is 3. The van der Waals surface area contributed by atoms with Gasteiger partial charge in [-0.2, -0.15) is 0 Å². The Morgan fingerprint density at radius 3 is 2.16 bits per heavy atom. The van der Waals surface area contributed by atoms with Gasteiger partial charge < -0.3 is 19.5 Å². The predicted molar refractivity (Wildman–Crippen MR) is 94.9 cm³/mol. The van der Waals surface area contributed by atoms with Crippen molar-refractivity contribution in [3.05, 3.63) is 47.5 Å². The topological polar surface area (TPSA) is 73.9 Å². The van der Waals surface area contributed by atoms with E-state index in [4.69, 9.17) is 14.2 Å². The maximum absolute atomic E-state index is 12.1. The maximum Gasteiger partial charge on any atom is 0.262 e. The zero-order valence-corrected chi connectivity index (χ0v) is 14.7. The molecule has 2 aromatic carbocycles. The lowest BCUT2D eigenvalue weighted by Gasteiger charge is -2.14. The first-order valence-electron chi connectivity index (χ1n) is 7.71. The number of ketones is 1. The SMILES string of the molecule is COc1cc(C)c(NC(=O)COc2ccc(C(C)=O)cc2)cc1OC. The molecule has 1 amide bonds. The van der Waals surface area contributed by atoms with Crippen molar-refractivity contribution in [1.82, 2.24) is 0 Å². The van der Waals surface area contributed by atoms with Gasteiger partial charge in [0.25, 0.3) is 5.91 Å². The summed E-state index contributed by atoms with van der Waals surface area (Å²) in [7, 11) is 3.09. The lowest BCUT2D eigenvalue weighted by molar-refractivity contribution is -0.118. The molecule has 0 spiro atoms. The standard InChI is InChI=1S/C19H21NO5/c1-12-9-17(23-3)18(24-4)10-16(12)20-19(22)11-25-15-7-5-14(6-8-15)13(2)21/h5-10H,11H2,1-4H3,(H,20,22). The number of hydrogen-bond acceptors (Lipinski definition) is 5. The van der Waals surface area contributed by atoms with Crippen LogP contribution in [-0.4, -0.2) is 32.5 Å². The summed E-state index contributed by atoms with van der Waals surface area (Å²) >= 11 is 0. The highest BCUT2D eigenvalue weighted by Gasteiger charge is 2.11. The number of methoxy groups -OCH3 is 2. The first-order valence-corrected chi connectivity index (χ1v) is 7.71. The molecule has 25 heavy (non-hydrogen) atoms. The van der Waals surface area contributed by atoms with Crippen LogP contribution in [0.15, 0.2) is 36.4 Å². The molecule has 0 bridgehead atoms. The van der Waals surface area contributed by atoms with Crippen LogP contribution in [0.3, 0.4) is 0 Å². The maximum atomic E-state index is 12.1. The van der Waals surface area contributed by atoms with Crippen LogP contribution in [0.1, 0.15) is 22.8 Å². The van der Waals surface area contributed by atoms with Crippen LogP contribution in [0, 0.1) is 6.92 Å². The van der Waals surface area contributed by atoms with Crippen molar-refractivity contribution >= 4 is 17.4 Å². The number of benzene rings is 2. The molecule has 0 aliphatic heterocycles. The monoisotopic (exact) mass is 343 g/mol. The summed E-state index contributed by atoms with van der Waals surface area (Å²) < 4.78 is 15.9. The zero-order chi connectivity index (χ0) is 18.4. The second-order valence-electron chi connectivity index (χ2n) is 5.44. The van der Waals surface area contributed by atoms with Gasteiger partial charge >= 0.3 is 0 Å². The fraction of sp³-hybridized carbons (Fsp3) is 0.263. The van der Waals surface area contributed by atoms with Crippen LogP contribution in [0.4, 0.5) is 5.69 Å². The minimum atomic E-state index is -0.300. The Morgan fingerprint density at radius 1 is 1.00 bits per heavy atom. The van der Waals surface area contributed by atoms with Crippen molar-refractivity contribution in [2.45, 2.75) is 13.8 Å². The van der Waals surface area contributed by atoms with E-state index in [-0.39, 0.29) is 18.3 Å². The number of carbonyl (C=O) groups excluding carboxylic acids is 2. The fourth-order valence-corrected chi connectivity index (χ4v) is 2.24. The molecule has 0 fully saturated rings. The van der Waals surface area contributed by atoms with Gasteiger partial charge in [-0.3, -0.25) is 9.59 Å². The molecule has 0 unspecified atom stereocenters. The highest BCUT2D eigenvalue weighted by atomic mass is 16.5. The smallest absolute Gasteiger partial charge is 0.262 e. The summed E-state index contributed by atoms with van der Waals surface area (Å²) in [5.41, 5.74) is 2.06. The van der Waals surface area contributed by atoms with Crippen LogP contribution >= 0.6 is 0 Å². The number of carbonyl (C=O) groups is 2. The van der Waals surface area contributed by atoms with Crippen LogP contribution in [-0.2, 0) is 4.79 Å². The van der Waals surface area contributed by atoms with E-state index in [9.17, 15) is 9.59 Å². The average molecular weight is 343 g/mol. The minimum Gasteiger partial charge on any atom is -0.493 e. The highest BCUT2D eigenvalue weighted by Crippen LogP contribution is 2.32. The number of rotatable bonds is 7. The van der Waals surface area contributed by atoms with E-state index < -0.39 is 0 Å². The second kappa shape index (κ2) is 8.19. The Kier molecular flexibility index (Phi) is 6.00. The molecule has 0 radical (unpaired) electrons. The number of anilines is 1. The quantitative estimate of drug-likeness (QED) is 0.781. The number of Topliss-reactive ketones (excluding diaryl/α,β-unsaturated/α-hetero) is 1. The van der Waals surface area contributed by atoms with Crippen LogP contribution < -0.4 is 19.5 Å². The number of aryl methyl sites for hydroxylation is 1. The number of nitrogens with one attached hydrogen (secondary N) is 1. The van der Waals surface area contributed by atoms with Gasteiger partial charge in [-0.25, -0.2) is 0 Å². The van der Waals surface area contributed by atoms with Gasteiger partial charge in [-0.15, -0.1) is 0 Å². The van der Waals surface area contributed by atoms with Crippen molar-refractivity contribution < 1.29 is 23.8 Å². The van der Waals surface area contributed by atoms with E-state index in [0.717, 1.165) is 5.56 Å². The second-order valence-corrected chi connectivity index (χ2v) is 5.44. The molecule has 1 N–H and O–H groups in total. The summed E-state index contributed by atoms with van der Waals surface area (Å²) in [6, 6.07) is 10.1. The Balaban J connectivity index is 1.99.